The van der Waals surface area contributed by atoms with Crippen molar-refractivity contribution in [2.24, 2.45) is 10.3 Å². The first-order valence-corrected chi connectivity index (χ1v) is 8.67. The third-order valence-corrected chi connectivity index (χ3v) is 4.01. The van der Waals surface area contributed by atoms with Crippen LogP contribution in [0.1, 0.15) is 35.0 Å². The Morgan fingerprint density at radius 2 is 1.93 bits per heavy atom. The molecule has 0 aliphatic heterocycles. The molecule has 11 heteroatoms. The molecular weight excluding hydrogens is 403 g/mol. The molecular formula is C19H20F3N5O3. The first-order valence-electron chi connectivity index (χ1n) is 8.67. The van der Waals surface area contributed by atoms with Gasteiger partial charge in [-0.15, -0.1) is 0 Å². The smallest absolute Gasteiger partial charge is 0.398 e. The van der Waals surface area contributed by atoms with Gasteiger partial charge in [0.2, 0.25) is 0 Å². The molecule has 30 heavy (non-hydrogen) atoms. The Balaban J connectivity index is 2.23. The highest BCUT2D eigenvalue weighted by Gasteiger charge is 2.32. The predicted molar refractivity (Wildman–Crippen MR) is 103 cm³/mol. The molecule has 2 aromatic rings. The predicted octanol–water partition coefficient (Wildman–Crippen LogP) is 2.84. The summed E-state index contributed by atoms with van der Waals surface area (Å²) in [5.41, 5.74) is 1.32. The van der Waals surface area contributed by atoms with Gasteiger partial charge in [0.15, 0.2) is 11.4 Å². The zero-order valence-corrected chi connectivity index (χ0v) is 16.7. The molecule has 0 atom stereocenters. The van der Waals surface area contributed by atoms with Gasteiger partial charge in [-0.1, -0.05) is 28.5 Å². The van der Waals surface area contributed by atoms with E-state index in [4.69, 9.17) is 9.68 Å². The lowest BCUT2D eigenvalue weighted by Gasteiger charge is -2.13. The van der Waals surface area contributed by atoms with E-state index in [0.717, 1.165) is 11.8 Å². The zero-order valence-electron chi connectivity index (χ0n) is 16.7. The molecule has 1 aromatic heterocycles. The van der Waals surface area contributed by atoms with E-state index in [1.165, 1.54) is 21.1 Å². The number of carbonyl (C=O) groups excluding carboxylic acids is 1. The number of aryl methyl sites for hydroxylation is 1. The Morgan fingerprint density at radius 3 is 2.50 bits per heavy atom. The molecule has 0 fully saturated rings. The maximum atomic E-state index is 12.6. The van der Waals surface area contributed by atoms with Crippen molar-refractivity contribution in [3.05, 3.63) is 58.7 Å². The summed E-state index contributed by atoms with van der Waals surface area (Å²) >= 11 is 0. The minimum Gasteiger partial charge on any atom is -0.398 e. The van der Waals surface area contributed by atoms with Crippen LogP contribution in [0, 0.1) is 6.92 Å². The standard InChI is InChI=1S/C19H20F3N5O3/c1-11-6-5-7-13(17(27-29-4)18(28)23-3)14(11)10-30-26-12(2)15-8-25-16(9-24-15)19(20,21)22/h5-9H,10H2,1-4H3,(H,23,28)/b26-12+,27-17+. The Kier molecular flexibility index (Phi) is 7.45. The summed E-state index contributed by atoms with van der Waals surface area (Å²) in [6.07, 6.45) is -2.97. The number of oxime groups is 2. The van der Waals surface area contributed by atoms with Crippen LogP contribution in [0.3, 0.4) is 0 Å². The second kappa shape index (κ2) is 9.81. The molecule has 0 radical (unpaired) electrons. The van der Waals surface area contributed by atoms with Gasteiger partial charge in [-0.25, -0.2) is 4.98 Å². The Morgan fingerprint density at radius 1 is 1.20 bits per heavy atom. The highest BCUT2D eigenvalue weighted by Crippen LogP contribution is 2.26. The van der Waals surface area contributed by atoms with Gasteiger partial charge in [-0.3, -0.25) is 9.78 Å². The van der Waals surface area contributed by atoms with Crippen LogP contribution in [0.4, 0.5) is 13.2 Å². The lowest BCUT2D eigenvalue weighted by atomic mass is 9.98. The second-order valence-corrected chi connectivity index (χ2v) is 6.04. The van der Waals surface area contributed by atoms with Crippen molar-refractivity contribution >= 4 is 17.3 Å². The number of amides is 1. The Bertz CT molecular complexity index is 957. The van der Waals surface area contributed by atoms with Crippen molar-refractivity contribution < 1.29 is 27.6 Å². The average Bonchev–Trinajstić information content (AvgIpc) is 2.72. The van der Waals surface area contributed by atoms with Crippen molar-refractivity contribution in [2.75, 3.05) is 14.2 Å². The number of rotatable bonds is 7. The van der Waals surface area contributed by atoms with Crippen LogP contribution in [-0.4, -0.2) is 41.5 Å². The number of alkyl halides is 3. The topological polar surface area (TPSA) is 98.1 Å². The first-order chi connectivity index (χ1) is 14.2. The molecule has 0 spiro atoms. The zero-order chi connectivity index (χ0) is 22.3. The molecule has 1 amide bonds. The number of hydrogen-bond donors (Lipinski definition) is 1. The third kappa shape index (κ3) is 5.52. The van der Waals surface area contributed by atoms with Crippen molar-refractivity contribution in [1.82, 2.24) is 15.3 Å². The van der Waals surface area contributed by atoms with E-state index in [0.29, 0.717) is 17.3 Å². The second-order valence-electron chi connectivity index (χ2n) is 6.04. The van der Waals surface area contributed by atoms with Gasteiger partial charge in [0.1, 0.15) is 25.1 Å². The molecule has 0 aliphatic rings. The highest BCUT2D eigenvalue weighted by molar-refractivity contribution is 6.45. The van der Waals surface area contributed by atoms with Crippen LogP contribution in [-0.2, 0) is 27.3 Å². The van der Waals surface area contributed by atoms with Crippen LogP contribution in [0.5, 0.6) is 0 Å². The summed E-state index contributed by atoms with van der Waals surface area (Å²) in [5.74, 6) is -0.441. The fourth-order valence-corrected chi connectivity index (χ4v) is 2.44. The summed E-state index contributed by atoms with van der Waals surface area (Å²) in [6.45, 7) is 3.33. The van der Waals surface area contributed by atoms with Gasteiger partial charge in [-0.05, 0) is 19.4 Å². The number of hydrogen-bond acceptors (Lipinski definition) is 7. The monoisotopic (exact) mass is 423 g/mol. The summed E-state index contributed by atoms with van der Waals surface area (Å²) in [6, 6.07) is 5.28. The number of benzene rings is 1. The number of nitrogens with one attached hydrogen (secondary N) is 1. The summed E-state index contributed by atoms with van der Waals surface area (Å²) < 4.78 is 37.8. The van der Waals surface area contributed by atoms with E-state index in [-0.39, 0.29) is 23.7 Å². The van der Waals surface area contributed by atoms with Crippen LogP contribution < -0.4 is 5.32 Å². The fraction of sp³-hybridized carbons (Fsp3) is 0.316. The lowest BCUT2D eigenvalue weighted by molar-refractivity contribution is -0.141. The molecule has 8 nitrogen and oxygen atoms in total. The SMILES string of the molecule is CNC(=O)/C(=N/OC)c1cccc(C)c1CO/N=C(\C)c1cnc(C(F)(F)F)cn1. The molecule has 1 heterocycles. The van der Waals surface area contributed by atoms with E-state index < -0.39 is 17.8 Å². The summed E-state index contributed by atoms with van der Waals surface area (Å²) in [5, 5.41) is 10.2. The van der Waals surface area contributed by atoms with E-state index in [1.807, 2.05) is 13.0 Å². The number of halogens is 3. The lowest BCUT2D eigenvalue weighted by Crippen LogP contribution is -2.29. The largest absolute Gasteiger partial charge is 0.434 e. The van der Waals surface area contributed by atoms with Gasteiger partial charge >= 0.3 is 6.18 Å². The van der Waals surface area contributed by atoms with Crippen molar-refractivity contribution in [3.63, 3.8) is 0 Å². The van der Waals surface area contributed by atoms with E-state index in [9.17, 15) is 18.0 Å². The highest BCUT2D eigenvalue weighted by atomic mass is 19.4. The Hall–Kier alpha value is -3.50. The maximum Gasteiger partial charge on any atom is 0.434 e. The molecule has 0 bridgehead atoms. The molecule has 0 unspecified atom stereocenters. The number of likely N-dealkylation sites (N-methyl/N-ethyl adjacent to an activating group) is 1. The van der Waals surface area contributed by atoms with Gasteiger partial charge < -0.3 is 15.0 Å². The normalized spacial score (nSPS) is 12.5. The fourth-order valence-electron chi connectivity index (χ4n) is 2.44. The van der Waals surface area contributed by atoms with Crippen molar-refractivity contribution in [3.8, 4) is 0 Å². The minimum absolute atomic E-state index is 0.0207. The van der Waals surface area contributed by atoms with Crippen LogP contribution in [0.15, 0.2) is 40.9 Å². The molecule has 1 aromatic carbocycles. The third-order valence-electron chi connectivity index (χ3n) is 4.01. The van der Waals surface area contributed by atoms with Crippen molar-refractivity contribution in [1.29, 1.82) is 0 Å². The number of carbonyl (C=O) groups is 1. The first kappa shape index (κ1) is 22.8. The number of aromatic nitrogens is 2. The van der Waals surface area contributed by atoms with Crippen molar-refractivity contribution in [2.45, 2.75) is 26.6 Å². The molecule has 0 saturated carbocycles. The molecule has 160 valence electrons. The Labute approximate surface area is 170 Å². The molecule has 2 rings (SSSR count). The van der Waals surface area contributed by atoms with E-state index in [2.05, 4.69) is 25.6 Å². The van der Waals surface area contributed by atoms with Crippen LogP contribution >= 0.6 is 0 Å². The molecule has 1 N–H and O–H groups in total. The van der Waals surface area contributed by atoms with Gasteiger partial charge in [-0.2, -0.15) is 13.2 Å². The van der Waals surface area contributed by atoms with Crippen LogP contribution in [0.25, 0.3) is 0 Å². The quantitative estimate of drug-likeness (QED) is 0.546. The molecule has 0 aliphatic carbocycles. The number of nitrogens with zero attached hydrogens (tertiary/aromatic N) is 4. The van der Waals surface area contributed by atoms with Crippen LogP contribution in [0.2, 0.25) is 0 Å². The van der Waals surface area contributed by atoms with E-state index in [1.54, 1.807) is 12.1 Å². The summed E-state index contributed by atoms with van der Waals surface area (Å²) in [7, 11) is 2.80. The summed E-state index contributed by atoms with van der Waals surface area (Å²) in [4.78, 5) is 29.3. The molecule has 0 saturated heterocycles. The van der Waals surface area contributed by atoms with Gasteiger partial charge in [0.05, 0.1) is 12.4 Å². The average molecular weight is 423 g/mol. The minimum atomic E-state index is -4.57. The van der Waals surface area contributed by atoms with Gasteiger partial charge in [0.25, 0.3) is 5.91 Å². The maximum absolute atomic E-state index is 12.6. The van der Waals surface area contributed by atoms with Gasteiger partial charge in [0, 0.05) is 18.2 Å². The van der Waals surface area contributed by atoms with E-state index >= 15 is 0 Å².